The van der Waals surface area contributed by atoms with Gasteiger partial charge in [0.15, 0.2) is 4.80 Å². The monoisotopic (exact) mass is 384 g/mol. The maximum Gasteiger partial charge on any atom is 0.325 e. The Morgan fingerprint density at radius 1 is 1.11 bits per heavy atom. The second-order valence-electron chi connectivity index (χ2n) is 5.75. The van der Waals surface area contributed by atoms with Crippen LogP contribution in [0.3, 0.4) is 0 Å². The highest BCUT2D eigenvalue weighted by Crippen LogP contribution is 2.27. The molecule has 0 spiro atoms. The summed E-state index contributed by atoms with van der Waals surface area (Å²) in [5.41, 5.74) is 1.63. The molecule has 0 aliphatic carbocycles. The van der Waals surface area contributed by atoms with E-state index in [0.29, 0.717) is 17.2 Å². The van der Waals surface area contributed by atoms with Crippen molar-refractivity contribution in [2.75, 3.05) is 13.7 Å². The summed E-state index contributed by atoms with van der Waals surface area (Å²) in [5.74, 6) is -0.0468. The van der Waals surface area contributed by atoms with Crippen LogP contribution >= 0.6 is 11.3 Å². The van der Waals surface area contributed by atoms with Crippen molar-refractivity contribution < 1.29 is 19.1 Å². The topological polar surface area (TPSA) is 69.9 Å². The molecule has 0 fully saturated rings. The van der Waals surface area contributed by atoms with Gasteiger partial charge in [-0.25, -0.2) is 0 Å². The van der Waals surface area contributed by atoms with E-state index in [0.717, 1.165) is 15.8 Å². The fraction of sp³-hybridized carbons (Fsp3) is 0.250. The van der Waals surface area contributed by atoms with Crippen LogP contribution in [0.5, 0.6) is 5.75 Å². The van der Waals surface area contributed by atoms with E-state index >= 15 is 0 Å². The van der Waals surface area contributed by atoms with E-state index in [1.54, 1.807) is 4.57 Å². The minimum Gasteiger partial charge on any atom is -0.492 e. The van der Waals surface area contributed by atoms with Gasteiger partial charge in [0.2, 0.25) is 0 Å². The number of rotatable bonds is 6. The number of methoxy groups -OCH3 is 1. The number of esters is 1. The van der Waals surface area contributed by atoms with Gasteiger partial charge in [0.05, 0.1) is 24.8 Å². The minimum absolute atomic E-state index is 0.0436. The molecule has 0 unspecified atom stereocenters. The van der Waals surface area contributed by atoms with E-state index in [1.165, 1.54) is 18.4 Å². The molecule has 3 aromatic rings. The van der Waals surface area contributed by atoms with Crippen LogP contribution in [0, 0.1) is 0 Å². The molecule has 0 saturated heterocycles. The average Bonchev–Trinajstić information content (AvgIpc) is 3.00. The number of amides is 1. The number of fused-ring (bicyclic) bond motifs is 1. The zero-order chi connectivity index (χ0) is 19.2. The maximum atomic E-state index is 12.5. The van der Waals surface area contributed by atoms with E-state index in [9.17, 15) is 9.59 Å². The van der Waals surface area contributed by atoms with Crippen LogP contribution in [-0.4, -0.2) is 30.2 Å². The predicted molar refractivity (Wildman–Crippen MR) is 104 cm³/mol. The molecule has 27 heavy (non-hydrogen) atoms. The Hall–Kier alpha value is -2.93. The standard InChI is InChI=1S/C20H20N2O4S/c1-3-26-15-10-7-11-16-19(15)22(13-18(24)25-2)20(27-16)21-17(23)12-14-8-5-4-6-9-14/h4-11H,3,12-13H2,1-2H3. The van der Waals surface area contributed by atoms with Crippen molar-refractivity contribution in [2.24, 2.45) is 4.99 Å². The van der Waals surface area contributed by atoms with Crippen molar-refractivity contribution in [1.82, 2.24) is 4.57 Å². The third-order valence-electron chi connectivity index (χ3n) is 3.90. The van der Waals surface area contributed by atoms with Crippen LogP contribution in [-0.2, 0) is 27.3 Å². The zero-order valence-corrected chi connectivity index (χ0v) is 16.0. The lowest BCUT2D eigenvalue weighted by Crippen LogP contribution is -2.23. The Kier molecular flexibility index (Phi) is 6.03. The fourth-order valence-electron chi connectivity index (χ4n) is 2.71. The fourth-order valence-corrected chi connectivity index (χ4v) is 3.78. The van der Waals surface area contributed by atoms with E-state index in [1.807, 2.05) is 55.5 Å². The lowest BCUT2D eigenvalue weighted by molar-refractivity contribution is -0.141. The van der Waals surface area contributed by atoms with Gasteiger partial charge >= 0.3 is 5.97 Å². The van der Waals surface area contributed by atoms with Crippen LogP contribution in [0.2, 0.25) is 0 Å². The van der Waals surface area contributed by atoms with Gasteiger partial charge in [-0.05, 0) is 24.6 Å². The van der Waals surface area contributed by atoms with Crippen molar-refractivity contribution >= 4 is 33.4 Å². The normalized spacial score (nSPS) is 11.6. The maximum absolute atomic E-state index is 12.5. The molecule has 1 amide bonds. The van der Waals surface area contributed by atoms with E-state index in [2.05, 4.69) is 4.99 Å². The van der Waals surface area contributed by atoms with Crippen molar-refractivity contribution in [3.05, 3.63) is 58.9 Å². The molecule has 3 rings (SSSR count). The molecular weight excluding hydrogens is 364 g/mol. The van der Waals surface area contributed by atoms with Gasteiger partial charge in [-0.15, -0.1) is 0 Å². The van der Waals surface area contributed by atoms with Crippen molar-refractivity contribution in [3.8, 4) is 5.75 Å². The summed E-state index contributed by atoms with van der Waals surface area (Å²) in [4.78, 5) is 29.1. The highest BCUT2D eigenvalue weighted by Gasteiger charge is 2.15. The van der Waals surface area contributed by atoms with Crippen LogP contribution < -0.4 is 9.54 Å². The lowest BCUT2D eigenvalue weighted by atomic mass is 10.1. The van der Waals surface area contributed by atoms with Gasteiger partial charge in [0.25, 0.3) is 5.91 Å². The molecule has 0 atom stereocenters. The summed E-state index contributed by atoms with van der Waals surface area (Å²) in [5, 5.41) is 0. The van der Waals surface area contributed by atoms with Gasteiger partial charge in [0, 0.05) is 0 Å². The van der Waals surface area contributed by atoms with E-state index in [-0.39, 0.29) is 18.9 Å². The second kappa shape index (κ2) is 8.64. The zero-order valence-electron chi connectivity index (χ0n) is 15.2. The van der Waals surface area contributed by atoms with Crippen LogP contribution in [0.4, 0.5) is 0 Å². The van der Waals surface area contributed by atoms with E-state index in [4.69, 9.17) is 9.47 Å². The number of carbonyl (C=O) groups excluding carboxylic acids is 2. The number of thiazole rings is 1. The van der Waals surface area contributed by atoms with Crippen molar-refractivity contribution in [3.63, 3.8) is 0 Å². The van der Waals surface area contributed by atoms with Gasteiger partial charge in [-0.2, -0.15) is 4.99 Å². The Balaban J connectivity index is 2.07. The lowest BCUT2D eigenvalue weighted by Gasteiger charge is -2.08. The largest absolute Gasteiger partial charge is 0.492 e. The molecule has 7 heteroatoms. The summed E-state index contributed by atoms with van der Waals surface area (Å²) < 4.78 is 13.1. The molecule has 0 aliphatic heterocycles. The van der Waals surface area contributed by atoms with Crippen LogP contribution in [0.1, 0.15) is 12.5 Å². The molecule has 0 aliphatic rings. The summed E-state index contributed by atoms with van der Waals surface area (Å²) in [6.07, 6.45) is 0.200. The number of hydrogen-bond acceptors (Lipinski definition) is 5. The van der Waals surface area contributed by atoms with Crippen molar-refractivity contribution in [1.29, 1.82) is 0 Å². The minimum atomic E-state index is -0.419. The predicted octanol–water partition coefficient (Wildman–Crippen LogP) is 2.94. The molecule has 6 nitrogen and oxygen atoms in total. The van der Waals surface area contributed by atoms with Crippen LogP contribution in [0.15, 0.2) is 53.5 Å². The third kappa shape index (κ3) is 4.43. The molecule has 140 valence electrons. The Morgan fingerprint density at radius 3 is 2.59 bits per heavy atom. The number of hydrogen-bond donors (Lipinski definition) is 0. The van der Waals surface area contributed by atoms with Gasteiger partial charge in [0.1, 0.15) is 17.8 Å². The highest BCUT2D eigenvalue weighted by atomic mass is 32.1. The SMILES string of the molecule is CCOc1cccc2sc(=NC(=O)Cc3ccccc3)n(CC(=O)OC)c12. The molecule has 2 aromatic carbocycles. The summed E-state index contributed by atoms with van der Waals surface area (Å²) in [6, 6.07) is 15.1. The summed E-state index contributed by atoms with van der Waals surface area (Å²) >= 11 is 1.34. The first-order valence-corrected chi connectivity index (χ1v) is 9.37. The molecule has 1 heterocycles. The Morgan fingerprint density at radius 2 is 1.89 bits per heavy atom. The van der Waals surface area contributed by atoms with Crippen molar-refractivity contribution in [2.45, 2.75) is 19.9 Å². The second-order valence-corrected chi connectivity index (χ2v) is 6.76. The number of nitrogens with zero attached hydrogens (tertiary/aromatic N) is 2. The Labute approximate surface area is 160 Å². The average molecular weight is 384 g/mol. The summed E-state index contributed by atoms with van der Waals surface area (Å²) in [6.45, 7) is 2.34. The quantitative estimate of drug-likeness (QED) is 0.613. The number of ether oxygens (including phenoxy) is 2. The number of benzene rings is 2. The number of para-hydroxylation sites is 1. The number of aromatic nitrogens is 1. The molecule has 0 saturated carbocycles. The van der Waals surface area contributed by atoms with Gasteiger partial charge in [-0.3, -0.25) is 9.59 Å². The molecular formula is C20H20N2O4S. The van der Waals surface area contributed by atoms with Gasteiger partial charge < -0.3 is 14.0 Å². The number of carbonyl (C=O) groups is 2. The highest BCUT2D eigenvalue weighted by molar-refractivity contribution is 7.16. The molecule has 0 radical (unpaired) electrons. The third-order valence-corrected chi connectivity index (χ3v) is 4.94. The molecule has 1 aromatic heterocycles. The summed E-state index contributed by atoms with van der Waals surface area (Å²) in [7, 11) is 1.33. The van der Waals surface area contributed by atoms with E-state index < -0.39 is 5.97 Å². The molecule has 0 bridgehead atoms. The molecule has 0 N–H and O–H groups in total. The van der Waals surface area contributed by atoms with Gasteiger partial charge in [-0.1, -0.05) is 47.7 Å². The van der Waals surface area contributed by atoms with Crippen LogP contribution in [0.25, 0.3) is 10.2 Å². The smallest absolute Gasteiger partial charge is 0.325 e. The first kappa shape index (κ1) is 18.8. The first-order chi connectivity index (χ1) is 13.1. The Bertz CT molecular complexity index is 1020. The first-order valence-electron chi connectivity index (χ1n) is 8.55.